The van der Waals surface area contributed by atoms with E-state index in [2.05, 4.69) is 5.32 Å². The summed E-state index contributed by atoms with van der Waals surface area (Å²) in [5.41, 5.74) is 1.73. The molecule has 1 N–H and O–H groups in total. The average Bonchev–Trinajstić information content (AvgIpc) is 2.53. The van der Waals surface area contributed by atoms with E-state index in [9.17, 15) is 9.59 Å². The van der Waals surface area contributed by atoms with Crippen LogP contribution in [0.2, 0.25) is 5.02 Å². The predicted molar refractivity (Wildman–Crippen MR) is 89.4 cm³/mol. The third-order valence-electron chi connectivity index (χ3n) is 3.46. The highest BCUT2D eigenvalue weighted by Crippen LogP contribution is 2.34. The highest BCUT2D eigenvalue weighted by Gasteiger charge is 2.25. The van der Waals surface area contributed by atoms with E-state index in [-0.39, 0.29) is 11.8 Å². The van der Waals surface area contributed by atoms with Crippen LogP contribution < -0.4 is 15.0 Å². The van der Waals surface area contributed by atoms with E-state index >= 15 is 0 Å². The standard InChI is InChI=1S/C17H15ClN2O3/c1-11(21)19-14-4-2-3-12(9-14)17(22)20-7-8-23-16-6-5-13(18)10-15(16)20/h2-6,9-10H,7-8H2,1H3,(H,19,21). The molecule has 1 aliphatic heterocycles. The Balaban J connectivity index is 1.93. The molecule has 0 bridgehead atoms. The van der Waals surface area contributed by atoms with Gasteiger partial charge in [0.1, 0.15) is 12.4 Å². The minimum absolute atomic E-state index is 0.163. The Kier molecular flexibility index (Phi) is 4.21. The molecule has 0 aromatic heterocycles. The fourth-order valence-corrected chi connectivity index (χ4v) is 2.66. The monoisotopic (exact) mass is 330 g/mol. The van der Waals surface area contributed by atoms with Gasteiger partial charge in [-0.15, -0.1) is 0 Å². The van der Waals surface area contributed by atoms with Crippen LogP contribution in [0.15, 0.2) is 42.5 Å². The highest BCUT2D eigenvalue weighted by molar-refractivity contribution is 6.31. The molecule has 0 radical (unpaired) electrons. The number of benzene rings is 2. The lowest BCUT2D eigenvalue weighted by atomic mass is 10.1. The first-order chi connectivity index (χ1) is 11.0. The van der Waals surface area contributed by atoms with Crippen molar-refractivity contribution in [2.24, 2.45) is 0 Å². The van der Waals surface area contributed by atoms with Crippen molar-refractivity contribution in [2.45, 2.75) is 6.92 Å². The number of ether oxygens (including phenoxy) is 1. The largest absolute Gasteiger partial charge is 0.490 e. The maximum Gasteiger partial charge on any atom is 0.258 e. The number of fused-ring (bicyclic) bond motifs is 1. The zero-order valence-corrected chi connectivity index (χ0v) is 13.3. The van der Waals surface area contributed by atoms with Crippen molar-refractivity contribution in [3.8, 4) is 5.75 Å². The molecule has 1 heterocycles. The molecule has 3 rings (SSSR count). The second-order valence-corrected chi connectivity index (χ2v) is 5.62. The van der Waals surface area contributed by atoms with Crippen molar-refractivity contribution in [3.05, 3.63) is 53.1 Å². The minimum atomic E-state index is -0.182. The van der Waals surface area contributed by atoms with Crippen molar-refractivity contribution in [1.29, 1.82) is 0 Å². The normalized spacial score (nSPS) is 13.0. The molecule has 6 heteroatoms. The second-order valence-electron chi connectivity index (χ2n) is 5.18. The Hall–Kier alpha value is -2.53. The smallest absolute Gasteiger partial charge is 0.258 e. The second kappa shape index (κ2) is 6.30. The topological polar surface area (TPSA) is 58.6 Å². The molecule has 118 valence electrons. The molecule has 0 saturated carbocycles. The van der Waals surface area contributed by atoms with E-state index in [0.29, 0.717) is 40.9 Å². The molecule has 0 spiro atoms. The van der Waals surface area contributed by atoms with Gasteiger partial charge in [-0.05, 0) is 36.4 Å². The van der Waals surface area contributed by atoms with Gasteiger partial charge < -0.3 is 15.0 Å². The molecule has 2 aromatic carbocycles. The van der Waals surface area contributed by atoms with E-state index < -0.39 is 0 Å². The number of anilines is 2. The van der Waals surface area contributed by atoms with Crippen LogP contribution >= 0.6 is 11.6 Å². The van der Waals surface area contributed by atoms with Crippen molar-refractivity contribution in [2.75, 3.05) is 23.4 Å². The maximum absolute atomic E-state index is 12.8. The first-order valence-corrected chi connectivity index (χ1v) is 7.54. The first kappa shape index (κ1) is 15.4. The zero-order valence-electron chi connectivity index (χ0n) is 12.5. The van der Waals surface area contributed by atoms with Crippen LogP contribution in [-0.2, 0) is 4.79 Å². The summed E-state index contributed by atoms with van der Waals surface area (Å²) in [6, 6.07) is 12.0. The van der Waals surface area contributed by atoms with Crippen LogP contribution in [0, 0.1) is 0 Å². The average molecular weight is 331 g/mol. The fourth-order valence-electron chi connectivity index (χ4n) is 2.49. The van der Waals surface area contributed by atoms with Gasteiger partial charge in [0.25, 0.3) is 5.91 Å². The van der Waals surface area contributed by atoms with Crippen molar-refractivity contribution in [1.82, 2.24) is 0 Å². The molecule has 0 aliphatic carbocycles. The number of hydrogen-bond donors (Lipinski definition) is 1. The van der Waals surface area contributed by atoms with Crippen LogP contribution in [0.1, 0.15) is 17.3 Å². The summed E-state index contributed by atoms with van der Waals surface area (Å²) >= 11 is 6.03. The van der Waals surface area contributed by atoms with E-state index in [1.54, 1.807) is 47.4 Å². The molecule has 0 fully saturated rings. The molecule has 0 saturated heterocycles. The minimum Gasteiger partial charge on any atom is -0.490 e. The van der Waals surface area contributed by atoms with Crippen LogP contribution in [0.4, 0.5) is 11.4 Å². The highest BCUT2D eigenvalue weighted by atomic mass is 35.5. The van der Waals surface area contributed by atoms with Crippen LogP contribution in [0.3, 0.4) is 0 Å². The SMILES string of the molecule is CC(=O)Nc1cccc(C(=O)N2CCOc3ccc(Cl)cc32)c1. The van der Waals surface area contributed by atoms with Crippen LogP contribution in [0.5, 0.6) is 5.75 Å². The third kappa shape index (κ3) is 3.29. The van der Waals surface area contributed by atoms with Crippen LogP contribution in [-0.4, -0.2) is 25.0 Å². The van der Waals surface area contributed by atoms with Gasteiger partial charge in [0.15, 0.2) is 0 Å². The third-order valence-corrected chi connectivity index (χ3v) is 3.69. The number of nitrogens with one attached hydrogen (secondary N) is 1. The Morgan fingerprint density at radius 3 is 2.83 bits per heavy atom. The summed E-state index contributed by atoms with van der Waals surface area (Å²) < 4.78 is 5.56. The number of rotatable bonds is 2. The molecule has 2 amide bonds. The lowest BCUT2D eigenvalue weighted by Crippen LogP contribution is -2.38. The van der Waals surface area contributed by atoms with Crippen molar-refractivity contribution >= 4 is 34.8 Å². The predicted octanol–water partition coefficient (Wildman–Crippen LogP) is 3.34. The summed E-state index contributed by atoms with van der Waals surface area (Å²) in [5, 5.41) is 3.22. The zero-order chi connectivity index (χ0) is 16.4. The molecule has 0 atom stereocenters. The van der Waals surface area contributed by atoms with Gasteiger partial charge >= 0.3 is 0 Å². The van der Waals surface area contributed by atoms with Crippen molar-refractivity contribution < 1.29 is 14.3 Å². The van der Waals surface area contributed by atoms with Gasteiger partial charge in [0.05, 0.1) is 12.2 Å². The number of hydrogen-bond acceptors (Lipinski definition) is 3. The van der Waals surface area contributed by atoms with Gasteiger partial charge in [0.2, 0.25) is 5.91 Å². The van der Waals surface area contributed by atoms with Gasteiger partial charge in [-0.3, -0.25) is 9.59 Å². The first-order valence-electron chi connectivity index (χ1n) is 7.16. The number of carbonyl (C=O) groups is 2. The van der Waals surface area contributed by atoms with Gasteiger partial charge in [-0.25, -0.2) is 0 Å². The number of amides is 2. The lowest BCUT2D eigenvalue weighted by molar-refractivity contribution is -0.114. The number of nitrogens with zero attached hydrogens (tertiary/aromatic N) is 1. The Morgan fingerprint density at radius 1 is 1.22 bits per heavy atom. The summed E-state index contributed by atoms with van der Waals surface area (Å²) in [4.78, 5) is 25.6. The lowest BCUT2D eigenvalue weighted by Gasteiger charge is -2.29. The Bertz CT molecular complexity index is 776. The fraction of sp³-hybridized carbons (Fsp3) is 0.176. The molecule has 1 aliphatic rings. The molecular formula is C17H15ClN2O3. The Morgan fingerprint density at radius 2 is 2.04 bits per heavy atom. The van der Waals surface area contributed by atoms with Gasteiger partial charge in [-0.2, -0.15) is 0 Å². The Labute approximate surface area is 138 Å². The number of carbonyl (C=O) groups excluding carboxylic acids is 2. The molecule has 23 heavy (non-hydrogen) atoms. The van der Waals surface area contributed by atoms with Gasteiger partial charge in [0, 0.05) is 23.2 Å². The molecule has 5 nitrogen and oxygen atoms in total. The van der Waals surface area contributed by atoms with E-state index in [1.807, 2.05) is 0 Å². The van der Waals surface area contributed by atoms with Gasteiger partial charge in [-0.1, -0.05) is 17.7 Å². The summed E-state index contributed by atoms with van der Waals surface area (Å²) in [5.74, 6) is 0.286. The molecule has 2 aromatic rings. The maximum atomic E-state index is 12.8. The molecule has 0 unspecified atom stereocenters. The van der Waals surface area contributed by atoms with E-state index in [0.717, 1.165) is 0 Å². The number of halogens is 1. The summed E-state index contributed by atoms with van der Waals surface area (Å²) in [7, 11) is 0. The summed E-state index contributed by atoms with van der Waals surface area (Å²) in [6.07, 6.45) is 0. The molecular weight excluding hydrogens is 316 g/mol. The van der Waals surface area contributed by atoms with E-state index in [1.165, 1.54) is 6.92 Å². The van der Waals surface area contributed by atoms with E-state index in [4.69, 9.17) is 16.3 Å². The van der Waals surface area contributed by atoms with Crippen molar-refractivity contribution in [3.63, 3.8) is 0 Å². The summed E-state index contributed by atoms with van der Waals surface area (Å²) in [6.45, 7) is 2.29. The van der Waals surface area contributed by atoms with Crippen LogP contribution in [0.25, 0.3) is 0 Å². The quantitative estimate of drug-likeness (QED) is 0.918.